The summed E-state index contributed by atoms with van der Waals surface area (Å²) in [6.07, 6.45) is 0.112. The Morgan fingerprint density at radius 1 is 1.00 bits per heavy atom. The van der Waals surface area contributed by atoms with Gasteiger partial charge < -0.3 is 14.4 Å². The standard InChI is InChI=1S/C18H18N2O5S/c21-18-10-13(19-26(22,23)15-4-2-1-3-5-15)12-20(18)14-6-7-16-17(11-14)25-9-8-24-16/h1-7,11,13,19H,8-10,12H2/t13-/m1/s1. The SMILES string of the molecule is O=C1C[C@@H](NS(=O)(=O)c2ccccc2)CN1c1ccc2c(c1)OCCO2. The molecule has 0 unspecified atom stereocenters. The summed E-state index contributed by atoms with van der Waals surface area (Å²) in [7, 11) is -3.66. The van der Waals surface area contributed by atoms with Crippen molar-refractivity contribution in [1.82, 2.24) is 4.72 Å². The van der Waals surface area contributed by atoms with Crippen LogP contribution in [0.25, 0.3) is 0 Å². The summed E-state index contributed by atoms with van der Waals surface area (Å²) >= 11 is 0. The number of ether oxygens (including phenoxy) is 2. The lowest BCUT2D eigenvalue weighted by atomic mass is 10.2. The third-order valence-corrected chi connectivity index (χ3v) is 5.87. The molecule has 0 saturated carbocycles. The number of hydrogen-bond donors (Lipinski definition) is 1. The molecule has 1 fully saturated rings. The van der Waals surface area contributed by atoms with Crippen LogP contribution in [0.5, 0.6) is 11.5 Å². The fraction of sp³-hybridized carbons (Fsp3) is 0.278. The van der Waals surface area contributed by atoms with E-state index in [1.165, 1.54) is 12.1 Å². The number of rotatable bonds is 4. The number of carbonyl (C=O) groups is 1. The highest BCUT2D eigenvalue weighted by Crippen LogP contribution is 2.35. The number of nitrogens with one attached hydrogen (secondary N) is 1. The second kappa shape index (κ2) is 6.62. The molecule has 1 amide bonds. The molecule has 2 heterocycles. The maximum absolute atomic E-state index is 12.5. The molecular weight excluding hydrogens is 356 g/mol. The van der Waals surface area contributed by atoms with Crippen LogP contribution in [-0.4, -0.2) is 40.1 Å². The van der Waals surface area contributed by atoms with Gasteiger partial charge in [0.15, 0.2) is 11.5 Å². The van der Waals surface area contributed by atoms with Gasteiger partial charge in [0.25, 0.3) is 0 Å². The molecule has 8 heteroatoms. The molecular formula is C18H18N2O5S. The summed E-state index contributed by atoms with van der Waals surface area (Å²) < 4.78 is 38.6. The maximum Gasteiger partial charge on any atom is 0.240 e. The Bertz CT molecular complexity index is 930. The first-order chi connectivity index (χ1) is 12.5. The lowest BCUT2D eigenvalue weighted by molar-refractivity contribution is -0.117. The first-order valence-electron chi connectivity index (χ1n) is 8.30. The molecule has 2 aromatic carbocycles. The molecule has 0 aromatic heterocycles. The summed E-state index contributed by atoms with van der Waals surface area (Å²) in [6.45, 7) is 1.23. The van der Waals surface area contributed by atoms with E-state index in [0.717, 1.165) is 0 Å². The van der Waals surface area contributed by atoms with Crippen molar-refractivity contribution >= 4 is 21.6 Å². The normalized spacial score (nSPS) is 19.6. The number of fused-ring (bicyclic) bond motifs is 1. The van der Waals surface area contributed by atoms with E-state index < -0.39 is 16.1 Å². The van der Waals surface area contributed by atoms with Gasteiger partial charge in [-0.15, -0.1) is 0 Å². The highest BCUT2D eigenvalue weighted by atomic mass is 32.2. The first-order valence-corrected chi connectivity index (χ1v) is 9.79. The van der Waals surface area contributed by atoms with Crippen LogP contribution in [0.1, 0.15) is 6.42 Å². The fourth-order valence-electron chi connectivity index (χ4n) is 3.12. The molecule has 1 saturated heterocycles. The summed E-state index contributed by atoms with van der Waals surface area (Å²) in [5.74, 6) is 1.10. The molecule has 0 bridgehead atoms. The predicted octanol–water partition coefficient (Wildman–Crippen LogP) is 1.54. The molecule has 0 radical (unpaired) electrons. The number of carbonyl (C=O) groups excluding carboxylic acids is 1. The lowest BCUT2D eigenvalue weighted by Crippen LogP contribution is -2.37. The van der Waals surface area contributed by atoms with Crippen molar-refractivity contribution in [2.24, 2.45) is 0 Å². The van der Waals surface area contributed by atoms with Crippen LogP contribution in [0.4, 0.5) is 5.69 Å². The Hall–Kier alpha value is -2.58. The second-order valence-corrected chi connectivity index (χ2v) is 7.88. The third kappa shape index (κ3) is 3.25. The van der Waals surface area contributed by atoms with Crippen LogP contribution in [0.15, 0.2) is 53.4 Å². The van der Waals surface area contributed by atoms with E-state index in [1.807, 2.05) is 0 Å². The van der Waals surface area contributed by atoms with Gasteiger partial charge in [-0.2, -0.15) is 0 Å². The molecule has 2 aromatic rings. The number of sulfonamides is 1. The zero-order chi connectivity index (χ0) is 18.1. The summed E-state index contributed by atoms with van der Waals surface area (Å²) in [5, 5.41) is 0. The minimum Gasteiger partial charge on any atom is -0.486 e. The Balaban J connectivity index is 1.51. The highest BCUT2D eigenvalue weighted by molar-refractivity contribution is 7.89. The Morgan fingerprint density at radius 3 is 2.50 bits per heavy atom. The zero-order valence-electron chi connectivity index (χ0n) is 13.9. The number of hydrogen-bond acceptors (Lipinski definition) is 5. The molecule has 2 aliphatic rings. The minimum atomic E-state index is -3.66. The van der Waals surface area contributed by atoms with Gasteiger partial charge in [0, 0.05) is 30.8 Å². The van der Waals surface area contributed by atoms with Crippen molar-refractivity contribution in [3.05, 3.63) is 48.5 Å². The lowest BCUT2D eigenvalue weighted by Gasteiger charge is -2.22. The van der Waals surface area contributed by atoms with Gasteiger partial charge in [-0.05, 0) is 24.3 Å². The van der Waals surface area contributed by atoms with Crippen LogP contribution in [0.2, 0.25) is 0 Å². The largest absolute Gasteiger partial charge is 0.486 e. The Labute approximate surface area is 151 Å². The smallest absolute Gasteiger partial charge is 0.240 e. The quantitative estimate of drug-likeness (QED) is 0.878. The Morgan fingerprint density at radius 2 is 1.73 bits per heavy atom. The molecule has 7 nitrogen and oxygen atoms in total. The zero-order valence-corrected chi connectivity index (χ0v) is 14.7. The predicted molar refractivity (Wildman–Crippen MR) is 95.0 cm³/mol. The topological polar surface area (TPSA) is 84.9 Å². The van der Waals surface area contributed by atoms with Crippen molar-refractivity contribution in [3.63, 3.8) is 0 Å². The van der Waals surface area contributed by atoms with E-state index in [0.29, 0.717) is 30.4 Å². The molecule has 26 heavy (non-hydrogen) atoms. The third-order valence-electron chi connectivity index (χ3n) is 4.34. The van der Waals surface area contributed by atoms with Gasteiger partial charge in [0.1, 0.15) is 13.2 Å². The average molecular weight is 374 g/mol. The Kier molecular flexibility index (Phi) is 4.29. The minimum absolute atomic E-state index is 0.112. The van der Waals surface area contributed by atoms with Crippen LogP contribution in [0, 0.1) is 0 Å². The average Bonchev–Trinajstić information content (AvgIpc) is 3.01. The van der Waals surface area contributed by atoms with Crippen LogP contribution >= 0.6 is 0 Å². The number of anilines is 1. The highest BCUT2D eigenvalue weighted by Gasteiger charge is 2.34. The van der Waals surface area contributed by atoms with Crippen LogP contribution in [0.3, 0.4) is 0 Å². The van der Waals surface area contributed by atoms with E-state index in [2.05, 4.69) is 4.72 Å². The van der Waals surface area contributed by atoms with E-state index in [9.17, 15) is 13.2 Å². The van der Waals surface area contributed by atoms with Gasteiger partial charge >= 0.3 is 0 Å². The first kappa shape index (κ1) is 16.9. The van der Waals surface area contributed by atoms with Gasteiger partial charge in [0.05, 0.1) is 4.90 Å². The second-order valence-electron chi connectivity index (χ2n) is 6.17. The molecule has 2 aliphatic heterocycles. The van der Waals surface area contributed by atoms with E-state index in [-0.39, 0.29) is 23.8 Å². The van der Waals surface area contributed by atoms with Gasteiger partial charge in [0.2, 0.25) is 15.9 Å². The fourth-order valence-corrected chi connectivity index (χ4v) is 4.37. The molecule has 136 valence electrons. The number of amides is 1. The maximum atomic E-state index is 12.5. The molecule has 4 rings (SSSR count). The van der Waals surface area contributed by atoms with Crippen LogP contribution < -0.4 is 19.1 Å². The summed E-state index contributed by atoms with van der Waals surface area (Å²) in [6, 6.07) is 12.9. The molecule has 0 aliphatic carbocycles. The molecule has 1 atom stereocenters. The van der Waals surface area contributed by atoms with Gasteiger partial charge in [-0.25, -0.2) is 13.1 Å². The van der Waals surface area contributed by atoms with Crippen molar-refractivity contribution in [1.29, 1.82) is 0 Å². The molecule has 0 spiro atoms. The van der Waals surface area contributed by atoms with Crippen molar-refractivity contribution in [3.8, 4) is 11.5 Å². The monoisotopic (exact) mass is 374 g/mol. The van der Waals surface area contributed by atoms with E-state index in [4.69, 9.17) is 9.47 Å². The van der Waals surface area contributed by atoms with Gasteiger partial charge in [-0.3, -0.25) is 4.79 Å². The van der Waals surface area contributed by atoms with E-state index in [1.54, 1.807) is 41.3 Å². The van der Waals surface area contributed by atoms with Crippen LogP contribution in [-0.2, 0) is 14.8 Å². The van der Waals surface area contributed by atoms with Crippen molar-refractivity contribution in [2.45, 2.75) is 17.4 Å². The summed E-state index contributed by atoms with van der Waals surface area (Å²) in [4.78, 5) is 14.1. The number of nitrogens with zero attached hydrogens (tertiary/aromatic N) is 1. The number of benzene rings is 2. The molecule has 1 N–H and O–H groups in total. The van der Waals surface area contributed by atoms with E-state index >= 15 is 0 Å². The van der Waals surface area contributed by atoms with Gasteiger partial charge in [-0.1, -0.05) is 18.2 Å². The summed E-state index contributed by atoms with van der Waals surface area (Å²) in [5.41, 5.74) is 0.667. The van der Waals surface area contributed by atoms with Crippen molar-refractivity contribution < 1.29 is 22.7 Å². The van der Waals surface area contributed by atoms with Crippen molar-refractivity contribution in [2.75, 3.05) is 24.7 Å².